The maximum atomic E-state index is 6.13. The molecule has 0 amide bonds. The standard InChI is InChI=1S/C14H19NSi.C11H11N/c1-16(2,3)11-8-12-4-6-13(7-5-12)14(15)9-10-14;1-2-9-3-5-10(6-4-9)11(12)7-8-11/h4-7H,9-10,15H2,1-3H3;1,3-6H,7-8,12H2. The third kappa shape index (κ3) is 5.37. The van der Waals surface area contributed by atoms with E-state index in [1.54, 1.807) is 0 Å². The molecular formula is C25H30N2Si. The number of hydrogen-bond donors (Lipinski definition) is 2. The Morgan fingerprint density at radius 1 is 0.750 bits per heavy atom. The molecule has 0 saturated heterocycles. The largest absolute Gasteiger partial charge is 0.321 e. The Morgan fingerprint density at radius 3 is 1.46 bits per heavy atom. The van der Waals surface area contributed by atoms with Crippen LogP contribution < -0.4 is 11.5 Å². The molecule has 144 valence electrons. The van der Waals surface area contributed by atoms with Crippen molar-refractivity contribution in [3.8, 4) is 23.8 Å². The highest BCUT2D eigenvalue weighted by Crippen LogP contribution is 2.43. The molecule has 2 saturated carbocycles. The predicted octanol–water partition coefficient (Wildman–Crippen LogP) is 4.48. The quantitative estimate of drug-likeness (QED) is 0.591. The van der Waals surface area contributed by atoms with Crippen LogP contribution in [0.5, 0.6) is 0 Å². The molecule has 4 rings (SSSR count). The van der Waals surface area contributed by atoms with Crippen LogP contribution in [0.4, 0.5) is 0 Å². The van der Waals surface area contributed by atoms with Crippen LogP contribution in [0.15, 0.2) is 48.5 Å². The molecule has 0 aliphatic heterocycles. The van der Waals surface area contributed by atoms with E-state index in [1.165, 1.54) is 11.1 Å². The highest BCUT2D eigenvalue weighted by Gasteiger charge is 2.40. The number of hydrogen-bond acceptors (Lipinski definition) is 2. The summed E-state index contributed by atoms with van der Waals surface area (Å²) in [6, 6.07) is 16.4. The van der Waals surface area contributed by atoms with Gasteiger partial charge in [-0.25, -0.2) is 0 Å². The van der Waals surface area contributed by atoms with E-state index < -0.39 is 8.07 Å². The van der Waals surface area contributed by atoms with E-state index in [-0.39, 0.29) is 11.1 Å². The first-order valence-electron chi connectivity index (χ1n) is 9.92. The maximum Gasteiger partial charge on any atom is 0.129 e. The summed E-state index contributed by atoms with van der Waals surface area (Å²) in [7, 11) is -1.26. The zero-order valence-corrected chi connectivity index (χ0v) is 18.2. The van der Waals surface area contributed by atoms with Crippen molar-refractivity contribution in [1.29, 1.82) is 0 Å². The van der Waals surface area contributed by atoms with Gasteiger partial charge in [0.25, 0.3) is 0 Å². The summed E-state index contributed by atoms with van der Waals surface area (Å²) in [6.45, 7) is 6.77. The van der Waals surface area contributed by atoms with Crippen LogP contribution in [-0.4, -0.2) is 8.07 Å². The van der Waals surface area contributed by atoms with Crippen molar-refractivity contribution in [2.24, 2.45) is 11.5 Å². The average molecular weight is 387 g/mol. The number of terminal acetylenes is 1. The molecular weight excluding hydrogens is 356 g/mol. The Balaban J connectivity index is 0.000000167. The minimum Gasteiger partial charge on any atom is -0.321 e. The fraction of sp³-hybridized carbons (Fsp3) is 0.360. The van der Waals surface area contributed by atoms with E-state index in [0.29, 0.717) is 0 Å². The Bertz CT molecular complexity index is 924. The summed E-state index contributed by atoms with van der Waals surface area (Å²) in [5, 5.41) is 0. The van der Waals surface area contributed by atoms with Crippen molar-refractivity contribution in [2.75, 3.05) is 0 Å². The molecule has 0 atom stereocenters. The molecule has 2 aliphatic carbocycles. The summed E-state index contributed by atoms with van der Waals surface area (Å²) in [5.74, 6) is 5.84. The molecule has 28 heavy (non-hydrogen) atoms. The van der Waals surface area contributed by atoms with Gasteiger partial charge in [-0.3, -0.25) is 0 Å². The first-order valence-corrected chi connectivity index (χ1v) is 13.4. The lowest BCUT2D eigenvalue weighted by Crippen LogP contribution is -2.18. The van der Waals surface area contributed by atoms with Gasteiger partial charge in [-0.1, -0.05) is 55.7 Å². The van der Waals surface area contributed by atoms with E-state index in [0.717, 1.165) is 36.8 Å². The molecule has 3 heteroatoms. The van der Waals surface area contributed by atoms with Gasteiger partial charge >= 0.3 is 0 Å². The Labute approximate surface area is 170 Å². The average Bonchev–Trinajstić information content (AvgIpc) is 3.60. The molecule has 2 aromatic rings. The lowest BCUT2D eigenvalue weighted by Gasteiger charge is -2.08. The van der Waals surface area contributed by atoms with Crippen molar-refractivity contribution in [3.05, 3.63) is 70.8 Å². The van der Waals surface area contributed by atoms with Gasteiger partial charge < -0.3 is 11.5 Å². The summed E-state index contributed by atoms with van der Waals surface area (Å²) in [4.78, 5) is 0. The number of benzene rings is 2. The molecule has 2 aromatic carbocycles. The molecule has 2 fully saturated rings. The smallest absolute Gasteiger partial charge is 0.129 e. The summed E-state index contributed by atoms with van der Waals surface area (Å²) in [6.07, 6.45) is 9.68. The van der Waals surface area contributed by atoms with Gasteiger partial charge in [0, 0.05) is 22.2 Å². The first-order chi connectivity index (χ1) is 13.1. The highest BCUT2D eigenvalue weighted by atomic mass is 28.3. The van der Waals surface area contributed by atoms with Crippen molar-refractivity contribution in [2.45, 2.75) is 56.4 Å². The molecule has 0 spiro atoms. The molecule has 4 N–H and O–H groups in total. The van der Waals surface area contributed by atoms with Gasteiger partial charge in [-0.2, -0.15) is 0 Å². The van der Waals surface area contributed by atoms with Crippen molar-refractivity contribution in [3.63, 3.8) is 0 Å². The fourth-order valence-corrected chi connectivity index (χ4v) is 3.41. The second-order valence-corrected chi connectivity index (χ2v) is 13.9. The fourth-order valence-electron chi connectivity index (χ4n) is 2.89. The zero-order chi connectivity index (χ0) is 20.4. The van der Waals surface area contributed by atoms with Gasteiger partial charge in [0.05, 0.1) is 0 Å². The molecule has 0 bridgehead atoms. The third-order valence-corrected chi connectivity index (χ3v) is 6.12. The summed E-state index contributed by atoms with van der Waals surface area (Å²) >= 11 is 0. The van der Waals surface area contributed by atoms with E-state index >= 15 is 0 Å². The molecule has 0 unspecified atom stereocenters. The van der Waals surface area contributed by atoms with Crippen LogP contribution in [0, 0.1) is 23.8 Å². The van der Waals surface area contributed by atoms with Crippen LogP contribution in [-0.2, 0) is 11.1 Å². The third-order valence-electron chi connectivity index (χ3n) is 5.25. The van der Waals surface area contributed by atoms with Gasteiger partial charge in [0.2, 0.25) is 0 Å². The lowest BCUT2D eigenvalue weighted by molar-refractivity contribution is 0.740. The van der Waals surface area contributed by atoms with E-state index in [1.807, 2.05) is 24.3 Å². The highest BCUT2D eigenvalue weighted by molar-refractivity contribution is 6.83. The molecule has 0 radical (unpaired) electrons. The topological polar surface area (TPSA) is 52.0 Å². The minimum absolute atomic E-state index is 0.0231. The molecule has 0 aromatic heterocycles. The van der Waals surface area contributed by atoms with Gasteiger partial charge in [-0.05, 0) is 61.1 Å². The second-order valence-electron chi connectivity index (χ2n) is 9.11. The summed E-state index contributed by atoms with van der Waals surface area (Å²) in [5.41, 5.74) is 19.9. The predicted molar refractivity (Wildman–Crippen MR) is 121 cm³/mol. The molecule has 2 aliphatic rings. The van der Waals surface area contributed by atoms with Crippen LogP contribution in [0.1, 0.15) is 47.9 Å². The number of nitrogens with two attached hydrogens (primary N) is 2. The van der Waals surface area contributed by atoms with E-state index in [4.69, 9.17) is 17.9 Å². The number of rotatable bonds is 2. The van der Waals surface area contributed by atoms with Crippen molar-refractivity contribution >= 4 is 8.07 Å². The molecule has 0 heterocycles. The van der Waals surface area contributed by atoms with Gasteiger partial charge in [-0.15, -0.1) is 12.0 Å². The Hall–Kier alpha value is -2.30. The zero-order valence-electron chi connectivity index (χ0n) is 17.2. The van der Waals surface area contributed by atoms with Crippen LogP contribution in [0.25, 0.3) is 0 Å². The van der Waals surface area contributed by atoms with Gasteiger partial charge in [0.1, 0.15) is 8.07 Å². The Kier molecular flexibility index (Phi) is 5.55. The van der Waals surface area contributed by atoms with Crippen LogP contribution in [0.2, 0.25) is 19.6 Å². The van der Waals surface area contributed by atoms with Crippen LogP contribution >= 0.6 is 0 Å². The monoisotopic (exact) mass is 386 g/mol. The first kappa shape index (κ1) is 20.4. The normalized spacial score (nSPS) is 17.9. The maximum absolute atomic E-state index is 6.13. The van der Waals surface area contributed by atoms with E-state index in [2.05, 4.69) is 61.3 Å². The van der Waals surface area contributed by atoms with E-state index in [9.17, 15) is 0 Å². The summed E-state index contributed by atoms with van der Waals surface area (Å²) < 4.78 is 0. The Morgan fingerprint density at radius 2 is 1.14 bits per heavy atom. The van der Waals surface area contributed by atoms with Crippen molar-refractivity contribution < 1.29 is 0 Å². The minimum atomic E-state index is -1.26. The lowest BCUT2D eigenvalue weighted by atomic mass is 10.0. The van der Waals surface area contributed by atoms with Crippen molar-refractivity contribution in [1.82, 2.24) is 0 Å². The molecule has 2 nitrogen and oxygen atoms in total. The van der Waals surface area contributed by atoms with Gasteiger partial charge in [0.15, 0.2) is 0 Å². The SMILES string of the molecule is C#Cc1ccc(C2(N)CC2)cc1.C[Si](C)(C)C#Cc1ccc(C2(N)CC2)cc1. The van der Waals surface area contributed by atoms with Crippen LogP contribution in [0.3, 0.4) is 0 Å². The second kappa shape index (κ2) is 7.61.